The predicted octanol–water partition coefficient (Wildman–Crippen LogP) is 2.77. The van der Waals surface area contributed by atoms with Gasteiger partial charge in [-0.3, -0.25) is 4.98 Å². The zero-order chi connectivity index (χ0) is 13.8. The number of aromatic nitrogens is 1. The van der Waals surface area contributed by atoms with E-state index >= 15 is 0 Å². The van der Waals surface area contributed by atoms with Crippen molar-refractivity contribution in [2.75, 3.05) is 18.2 Å². The lowest BCUT2D eigenvalue weighted by molar-refractivity contribution is 0.414. The lowest BCUT2D eigenvalue weighted by Gasteiger charge is -2.13. The predicted molar refractivity (Wildman–Crippen MR) is 81.7 cm³/mol. The van der Waals surface area contributed by atoms with Gasteiger partial charge in [0.15, 0.2) is 0 Å². The molecule has 0 saturated carbocycles. The summed E-state index contributed by atoms with van der Waals surface area (Å²) in [5.74, 6) is 0.741. The number of nitrogens with one attached hydrogen (secondary N) is 1. The van der Waals surface area contributed by atoms with E-state index in [-0.39, 0.29) is 0 Å². The maximum Gasteiger partial charge on any atom is 0.129 e. The molecule has 0 saturated heterocycles. The Morgan fingerprint density at radius 3 is 2.84 bits per heavy atom. The van der Waals surface area contributed by atoms with Gasteiger partial charge in [-0.15, -0.1) is 0 Å². The fourth-order valence-electron chi connectivity index (χ4n) is 1.70. The molecule has 1 aromatic carbocycles. The van der Waals surface area contributed by atoms with Gasteiger partial charge in [0.25, 0.3) is 0 Å². The molecule has 0 atom stereocenters. The van der Waals surface area contributed by atoms with Gasteiger partial charge < -0.3 is 15.8 Å². The molecule has 2 rings (SSSR count). The van der Waals surface area contributed by atoms with Crippen LogP contribution in [-0.2, 0) is 0 Å². The van der Waals surface area contributed by atoms with Crippen LogP contribution < -0.4 is 15.8 Å². The largest absolute Gasteiger partial charge is 0.496 e. The molecular formula is C14H15N3OS. The number of nitrogens with zero attached hydrogens (tertiary/aromatic N) is 1. The smallest absolute Gasteiger partial charge is 0.129 e. The van der Waals surface area contributed by atoms with E-state index in [4.69, 9.17) is 22.7 Å². The summed E-state index contributed by atoms with van der Waals surface area (Å²) in [5.41, 5.74) is 9.07. The molecule has 0 fully saturated rings. The number of benzene rings is 1. The fraction of sp³-hybridized carbons (Fsp3) is 0.143. The maximum absolute atomic E-state index is 5.83. The summed E-state index contributed by atoms with van der Waals surface area (Å²) < 4.78 is 5.34. The zero-order valence-corrected chi connectivity index (χ0v) is 11.6. The van der Waals surface area contributed by atoms with E-state index in [1.165, 1.54) is 0 Å². The first kappa shape index (κ1) is 13.3. The van der Waals surface area contributed by atoms with E-state index in [1.807, 2.05) is 25.1 Å². The summed E-state index contributed by atoms with van der Waals surface area (Å²) >= 11 is 5.39. The van der Waals surface area contributed by atoms with Crippen molar-refractivity contribution in [3.8, 4) is 5.75 Å². The average molecular weight is 273 g/mol. The number of nitrogens with two attached hydrogens (primary N) is 1. The van der Waals surface area contributed by atoms with Crippen LogP contribution in [0.1, 0.15) is 11.1 Å². The second-order valence-corrected chi connectivity index (χ2v) is 4.53. The lowest BCUT2D eigenvalue weighted by Crippen LogP contribution is -2.13. The number of ether oxygens (including phenoxy) is 1. The van der Waals surface area contributed by atoms with E-state index in [0.717, 1.165) is 22.6 Å². The molecule has 0 aliphatic rings. The minimum absolute atomic E-state index is 0.552. The van der Waals surface area contributed by atoms with Gasteiger partial charge in [-0.25, -0.2) is 0 Å². The van der Waals surface area contributed by atoms with Crippen molar-refractivity contribution in [1.29, 1.82) is 0 Å². The second kappa shape index (κ2) is 5.67. The number of hydrogen-bond acceptors (Lipinski definition) is 4. The Bertz CT molecular complexity index is 613. The Morgan fingerprint density at radius 1 is 1.37 bits per heavy atom. The summed E-state index contributed by atoms with van der Waals surface area (Å²) in [5, 5.41) is 3.11. The number of thiocarbonyl (C=S) groups is 1. The molecule has 0 radical (unpaired) electrons. The van der Waals surface area contributed by atoms with Crippen LogP contribution in [-0.4, -0.2) is 17.1 Å². The first-order chi connectivity index (χ1) is 9.11. The van der Waals surface area contributed by atoms with Crippen molar-refractivity contribution in [2.24, 2.45) is 0 Å². The first-order valence-corrected chi connectivity index (χ1v) is 6.18. The number of pyridine rings is 1. The van der Waals surface area contributed by atoms with E-state index in [0.29, 0.717) is 10.7 Å². The first-order valence-electron chi connectivity index (χ1n) is 5.77. The molecule has 0 unspecified atom stereocenters. The molecule has 2 aromatic rings. The molecule has 4 nitrogen and oxygen atoms in total. The average Bonchev–Trinajstić information content (AvgIpc) is 2.41. The third-order valence-electron chi connectivity index (χ3n) is 2.70. The molecule has 19 heavy (non-hydrogen) atoms. The van der Waals surface area contributed by atoms with Crippen molar-refractivity contribution >= 4 is 28.6 Å². The monoisotopic (exact) mass is 273 g/mol. The van der Waals surface area contributed by atoms with E-state index < -0.39 is 0 Å². The Hall–Kier alpha value is -2.14. The van der Waals surface area contributed by atoms with Crippen LogP contribution in [0.25, 0.3) is 0 Å². The van der Waals surface area contributed by atoms with Gasteiger partial charge >= 0.3 is 0 Å². The Balaban J connectivity index is 2.28. The molecule has 0 spiro atoms. The highest BCUT2D eigenvalue weighted by Gasteiger charge is 2.10. The van der Waals surface area contributed by atoms with E-state index in [1.54, 1.807) is 25.6 Å². The third-order valence-corrected chi connectivity index (χ3v) is 3.02. The van der Waals surface area contributed by atoms with Crippen LogP contribution in [0.15, 0.2) is 36.7 Å². The van der Waals surface area contributed by atoms with E-state index in [2.05, 4.69) is 10.3 Å². The topological polar surface area (TPSA) is 60.2 Å². The minimum Gasteiger partial charge on any atom is -0.496 e. The number of rotatable bonds is 3. The van der Waals surface area contributed by atoms with Crippen LogP contribution in [0, 0.1) is 6.92 Å². The minimum atomic E-state index is 0.552. The maximum atomic E-state index is 5.83. The van der Waals surface area contributed by atoms with Crippen molar-refractivity contribution < 1.29 is 4.74 Å². The zero-order valence-electron chi connectivity index (χ0n) is 10.8. The summed E-state index contributed by atoms with van der Waals surface area (Å²) in [6.45, 7) is 2.00. The van der Waals surface area contributed by atoms with E-state index in [9.17, 15) is 0 Å². The summed E-state index contributed by atoms with van der Waals surface area (Å²) in [6.07, 6.45) is 3.24. The number of methoxy groups -OCH3 is 1. The molecule has 0 amide bonds. The van der Waals surface area contributed by atoms with Gasteiger partial charge in [-0.05, 0) is 30.7 Å². The molecule has 0 bridgehead atoms. The van der Waals surface area contributed by atoms with Gasteiger partial charge in [0, 0.05) is 6.20 Å². The molecule has 1 heterocycles. The Labute approximate surface area is 117 Å². The van der Waals surface area contributed by atoms with Gasteiger partial charge in [-0.1, -0.05) is 18.3 Å². The molecule has 0 aliphatic carbocycles. The highest BCUT2D eigenvalue weighted by Crippen LogP contribution is 2.23. The highest BCUT2D eigenvalue weighted by molar-refractivity contribution is 7.81. The molecule has 1 aromatic heterocycles. The van der Waals surface area contributed by atoms with Gasteiger partial charge in [0.05, 0.1) is 30.2 Å². The summed E-state index contributed by atoms with van der Waals surface area (Å²) in [7, 11) is 1.63. The molecule has 98 valence electrons. The van der Waals surface area contributed by atoms with Gasteiger partial charge in [0.2, 0.25) is 0 Å². The molecule has 5 heteroatoms. The summed E-state index contributed by atoms with van der Waals surface area (Å²) in [4.78, 5) is 4.50. The number of aryl methyl sites for hydroxylation is 1. The lowest BCUT2D eigenvalue weighted by atomic mass is 10.1. The fourth-order valence-corrected chi connectivity index (χ4v) is 1.97. The third kappa shape index (κ3) is 3.00. The van der Waals surface area contributed by atoms with Crippen LogP contribution in [0.4, 0.5) is 11.4 Å². The molecule has 0 aliphatic heterocycles. The molecule has 3 N–H and O–H groups in total. The van der Waals surface area contributed by atoms with Crippen molar-refractivity contribution in [2.45, 2.75) is 6.92 Å². The quantitative estimate of drug-likeness (QED) is 0.842. The van der Waals surface area contributed by atoms with Gasteiger partial charge in [0.1, 0.15) is 10.7 Å². The Kier molecular flexibility index (Phi) is 3.97. The SMILES string of the molecule is COc1cc(C)ccc1C(=S)Nc1ccncc1N. The summed E-state index contributed by atoms with van der Waals surface area (Å²) in [6, 6.07) is 7.64. The molecular weight excluding hydrogens is 258 g/mol. The number of nitrogen functional groups attached to an aromatic ring is 1. The highest BCUT2D eigenvalue weighted by atomic mass is 32.1. The van der Waals surface area contributed by atoms with Crippen molar-refractivity contribution in [3.63, 3.8) is 0 Å². The number of anilines is 2. The van der Waals surface area contributed by atoms with Crippen molar-refractivity contribution in [1.82, 2.24) is 4.98 Å². The van der Waals surface area contributed by atoms with Gasteiger partial charge in [-0.2, -0.15) is 0 Å². The second-order valence-electron chi connectivity index (χ2n) is 4.12. The van der Waals surface area contributed by atoms with Crippen LogP contribution >= 0.6 is 12.2 Å². The van der Waals surface area contributed by atoms with Crippen LogP contribution in [0.2, 0.25) is 0 Å². The standard InChI is InChI=1S/C14H15N3OS/c1-9-3-4-10(13(7-9)18-2)14(19)17-12-5-6-16-8-11(12)15/h3-8H,15H2,1-2H3,(H,16,17,19). The van der Waals surface area contributed by atoms with Crippen molar-refractivity contribution in [3.05, 3.63) is 47.8 Å². The Morgan fingerprint density at radius 2 is 2.16 bits per heavy atom. The van der Waals surface area contributed by atoms with Crippen LogP contribution in [0.5, 0.6) is 5.75 Å². The number of hydrogen-bond donors (Lipinski definition) is 2. The normalized spacial score (nSPS) is 10.0. The van der Waals surface area contributed by atoms with Crippen LogP contribution in [0.3, 0.4) is 0 Å².